The highest BCUT2D eigenvalue weighted by atomic mass is 19.1. The SMILES string of the molecule is COc1cccc(/C=C2\NC(=O)N(c3ccccc3)C2=O)c1OCC(=O)Nc1ccc(F)cc1. The molecule has 9 heteroatoms. The second-order valence-electron chi connectivity index (χ2n) is 7.19. The van der Waals surface area contributed by atoms with Gasteiger partial charge in [0.1, 0.15) is 11.5 Å². The lowest BCUT2D eigenvalue weighted by molar-refractivity contribution is -0.118. The summed E-state index contributed by atoms with van der Waals surface area (Å²) in [7, 11) is 1.44. The summed E-state index contributed by atoms with van der Waals surface area (Å²) < 4.78 is 24.1. The fraction of sp³-hybridized carbons (Fsp3) is 0.0800. The number of urea groups is 1. The Morgan fingerprint density at radius 2 is 1.76 bits per heavy atom. The van der Waals surface area contributed by atoms with Crippen LogP contribution in [0.15, 0.2) is 78.5 Å². The van der Waals surface area contributed by atoms with E-state index in [-0.39, 0.29) is 18.1 Å². The maximum Gasteiger partial charge on any atom is 0.333 e. The molecule has 4 rings (SSSR count). The van der Waals surface area contributed by atoms with Gasteiger partial charge < -0.3 is 20.1 Å². The van der Waals surface area contributed by atoms with E-state index in [2.05, 4.69) is 10.6 Å². The molecule has 0 aliphatic carbocycles. The molecule has 3 aromatic carbocycles. The van der Waals surface area contributed by atoms with Crippen LogP contribution in [0, 0.1) is 5.82 Å². The lowest BCUT2D eigenvalue weighted by Gasteiger charge is -2.14. The third kappa shape index (κ3) is 4.88. The Hall–Kier alpha value is -4.66. The monoisotopic (exact) mass is 461 g/mol. The number of anilines is 2. The Morgan fingerprint density at radius 1 is 1.03 bits per heavy atom. The summed E-state index contributed by atoms with van der Waals surface area (Å²) in [4.78, 5) is 38.7. The molecule has 3 aromatic rings. The molecule has 1 aliphatic rings. The molecule has 1 fully saturated rings. The van der Waals surface area contributed by atoms with E-state index in [9.17, 15) is 18.8 Å². The minimum atomic E-state index is -0.577. The number of para-hydroxylation sites is 2. The first kappa shape index (κ1) is 22.5. The molecule has 1 saturated heterocycles. The molecular formula is C25H20FN3O5. The molecule has 172 valence electrons. The molecule has 0 atom stereocenters. The van der Waals surface area contributed by atoms with Crippen molar-refractivity contribution in [2.45, 2.75) is 0 Å². The average molecular weight is 461 g/mol. The van der Waals surface area contributed by atoms with Crippen LogP contribution in [0.5, 0.6) is 11.5 Å². The van der Waals surface area contributed by atoms with Crippen molar-refractivity contribution in [1.82, 2.24) is 5.32 Å². The van der Waals surface area contributed by atoms with Crippen LogP contribution in [0.25, 0.3) is 6.08 Å². The summed E-state index contributed by atoms with van der Waals surface area (Å²) in [6.45, 7) is -0.371. The van der Waals surface area contributed by atoms with Crippen LogP contribution in [-0.2, 0) is 9.59 Å². The predicted molar refractivity (Wildman–Crippen MR) is 124 cm³/mol. The van der Waals surface area contributed by atoms with Gasteiger partial charge in [-0.05, 0) is 48.5 Å². The van der Waals surface area contributed by atoms with Crippen molar-refractivity contribution < 1.29 is 28.2 Å². The predicted octanol–water partition coefficient (Wildman–Crippen LogP) is 3.95. The van der Waals surface area contributed by atoms with E-state index in [1.165, 1.54) is 37.5 Å². The average Bonchev–Trinajstić information content (AvgIpc) is 3.12. The van der Waals surface area contributed by atoms with E-state index in [0.29, 0.717) is 22.7 Å². The quantitative estimate of drug-likeness (QED) is 0.410. The number of hydrogen-bond donors (Lipinski definition) is 2. The van der Waals surface area contributed by atoms with Crippen molar-refractivity contribution in [3.63, 3.8) is 0 Å². The Balaban J connectivity index is 1.54. The van der Waals surface area contributed by atoms with E-state index in [0.717, 1.165) is 4.90 Å². The van der Waals surface area contributed by atoms with Crippen molar-refractivity contribution in [3.05, 3.63) is 89.9 Å². The summed E-state index contributed by atoms with van der Waals surface area (Å²) in [5.74, 6) is -0.872. The van der Waals surface area contributed by atoms with Crippen molar-refractivity contribution in [2.24, 2.45) is 0 Å². The van der Waals surface area contributed by atoms with Crippen LogP contribution in [0.2, 0.25) is 0 Å². The molecule has 4 amide bonds. The molecule has 0 radical (unpaired) electrons. The summed E-state index contributed by atoms with van der Waals surface area (Å²) in [5.41, 5.74) is 1.32. The zero-order valence-electron chi connectivity index (χ0n) is 18.1. The van der Waals surface area contributed by atoms with Crippen molar-refractivity contribution in [1.29, 1.82) is 0 Å². The topological polar surface area (TPSA) is 97.0 Å². The number of nitrogens with zero attached hydrogens (tertiary/aromatic N) is 1. The highest BCUT2D eigenvalue weighted by Gasteiger charge is 2.35. The van der Waals surface area contributed by atoms with E-state index >= 15 is 0 Å². The largest absolute Gasteiger partial charge is 0.493 e. The number of methoxy groups -OCH3 is 1. The molecule has 0 saturated carbocycles. The third-order valence-electron chi connectivity index (χ3n) is 4.90. The molecule has 0 spiro atoms. The summed E-state index contributed by atoms with van der Waals surface area (Å²) in [5, 5.41) is 5.16. The number of halogens is 1. The van der Waals surface area contributed by atoms with Crippen molar-refractivity contribution in [3.8, 4) is 11.5 Å². The Morgan fingerprint density at radius 3 is 2.47 bits per heavy atom. The molecule has 0 bridgehead atoms. The lowest BCUT2D eigenvalue weighted by Crippen LogP contribution is -2.30. The number of ether oxygens (including phenoxy) is 2. The molecule has 1 aliphatic heterocycles. The molecule has 2 N–H and O–H groups in total. The van der Waals surface area contributed by atoms with Gasteiger partial charge in [0.05, 0.1) is 12.8 Å². The molecule has 1 heterocycles. The van der Waals surface area contributed by atoms with Crippen LogP contribution in [-0.4, -0.2) is 31.6 Å². The van der Waals surface area contributed by atoms with Gasteiger partial charge in [-0.1, -0.05) is 30.3 Å². The van der Waals surface area contributed by atoms with Gasteiger partial charge in [-0.2, -0.15) is 0 Å². The minimum Gasteiger partial charge on any atom is -0.493 e. The highest BCUT2D eigenvalue weighted by Crippen LogP contribution is 2.33. The van der Waals surface area contributed by atoms with Gasteiger partial charge in [0, 0.05) is 11.3 Å². The summed E-state index contributed by atoms with van der Waals surface area (Å²) in [6.07, 6.45) is 1.46. The molecule has 0 aromatic heterocycles. The number of benzene rings is 3. The number of hydrogen-bond acceptors (Lipinski definition) is 5. The zero-order chi connectivity index (χ0) is 24.1. The van der Waals surface area contributed by atoms with E-state index < -0.39 is 23.7 Å². The first-order valence-corrected chi connectivity index (χ1v) is 10.2. The van der Waals surface area contributed by atoms with Gasteiger partial charge in [-0.15, -0.1) is 0 Å². The number of amides is 4. The Kier molecular flexibility index (Phi) is 6.54. The first-order chi connectivity index (χ1) is 16.5. The van der Waals surface area contributed by atoms with E-state index in [1.807, 2.05) is 0 Å². The van der Waals surface area contributed by atoms with E-state index in [1.54, 1.807) is 48.5 Å². The minimum absolute atomic E-state index is 0.0442. The first-order valence-electron chi connectivity index (χ1n) is 10.2. The summed E-state index contributed by atoms with van der Waals surface area (Å²) >= 11 is 0. The molecule has 8 nitrogen and oxygen atoms in total. The number of rotatable bonds is 7. The normalized spacial score (nSPS) is 14.2. The van der Waals surface area contributed by atoms with Crippen molar-refractivity contribution >= 4 is 35.3 Å². The standard InChI is InChI=1S/C25H20FN3O5/c1-33-21-9-5-6-16(23(21)34-15-22(30)27-18-12-10-17(26)11-13-18)14-20-24(31)29(25(32)28-20)19-7-3-2-4-8-19/h2-14H,15H2,1H3,(H,27,30)(H,28,32)/b20-14-. The smallest absolute Gasteiger partial charge is 0.333 e. The molecular weight excluding hydrogens is 441 g/mol. The van der Waals surface area contributed by atoms with Gasteiger partial charge >= 0.3 is 6.03 Å². The van der Waals surface area contributed by atoms with Gasteiger partial charge in [0.15, 0.2) is 18.1 Å². The maximum atomic E-state index is 13.1. The number of carbonyl (C=O) groups excluding carboxylic acids is 3. The van der Waals surface area contributed by atoms with Gasteiger partial charge in [0.25, 0.3) is 11.8 Å². The van der Waals surface area contributed by atoms with Crippen LogP contribution >= 0.6 is 0 Å². The molecule has 34 heavy (non-hydrogen) atoms. The van der Waals surface area contributed by atoms with Crippen molar-refractivity contribution in [2.75, 3.05) is 23.9 Å². The Labute approximate surface area is 194 Å². The number of carbonyl (C=O) groups is 3. The van der Waals surface area contributed by atoms with Crippen LogP contribution in [0.1, 0.15) is 5.56 Å². The van der Waals surface area contributed by atoms with Gasteiger partial charge in [0.2, 0.25) is 0 Å². The second kappa shape index (κ2) is 9.86. The summed E-state index contributed by atoms with van der Waals surface area (Å²) in [6, 6.07) is 18.3. The lowest BCUT2D eigenvalue weighted by atomic mass is 10.1. The van der Waals surface area contributed by atoms with Crippen LogP contribution in [0.4, 0.5) is 20.6 Å². The second-order valence-corrected chi connectivity index (χ2v) is 7.19. The highest BCUT2D eigenvalue weighted by molar-refractivity contribution is 6.28. The van der Waals surface area contributed by atoms with Crippen LogP contribution < -0.4 is 25.0 Å². The fourth-order valence-corrected chi connectivity index (χ4v) is 3.33. The zero-order valence-corrected chi connectivity index (χ0v) is 18.1. The Bertz CT molecular complexity index is 1260. The van der Waals surface area contributed by atoms with E-state index in [4.69, 9.17) is 9.47 Å². The van der Waals surface area contributed by atoms with Crippen LogP contribution in [0.3, 0.4) is 0 Å². The van der Waals surface area contributed by atoms with Gasteiger partial charge in [-0.25, -0.2) is 14.1 Å². The van der Waals surface area contributed by atoms with Gasteiger partial charge in [-0.3, -0.25) is 9.59 Å². The fourth-order valence-electron chi connectivity index (χ4n) is 3.33. The molecule has 0 unspecified atom stereocenters. The number of nitrogens with one attached hydrogen (secondary N) is 2. The third-order valence-corrected chi connectivity index (χ3v) is 4.90. The number of imide groups is 1. The maximum absolute atomic E-state index is 13.1.